The van der Waals surface area contributed by atoms with E-state index < -0.39 is 16.3 Å². The summed E-state index contributed by atoms with van der Waals surface area (Å²) in [6.45, 7) is 9.59. The Bertz CT molecular complexity index is 372. The van der Waals surface area contributed by atoms with Crippen LogP contribution in [0.15, 0.2) is 17.1 Å². The van der Waals surface area contributed by atoms with Gasteiger partial charge in [-0.25, -0.2) is 4.98 Å². The van der Waals surface area contributed by atoms with Crippen LogP contribution in [0.2, 0.25) is 29.8 Å². The summed E-state index contributed by atoms with van der Waals surface area (Å²) in [6.07, 6.45) is 4.75. The zero-order valence-electron chi connectivity index (χ0n) is 12.2. The molecule has 0 radical (unpaired) electrons. The molecule has 2 heterocycles. The smallest absolute Gasteiger partial charge is 0.182 e. The molecule has 1 aliphatic heterocycles. The van der Waals surface area contributed by atoms with Gasteiger partial charge < -0.3 is 8.98 Å². The van der Waals surface area contributed by atoms with Crippen LogP contribution in [0.25, 0.3) is 0 Å². The number of rotatable bonds is 5. The van der Waals surface area contributed by atoms with Gasteiger partial charge in [0.05, 0.1) is 8.07 Å². The topological polar surface area (TPSA) is 29.3 Å². The fourth-order valence-corrected chi connectivity index (χ4v) is 20.4. The molecule has 1 aromatic heterocycles. The average molecular weight is 283 g/mol. The minimum Gasteiger partial charge on any atom is -0.450 e. The molecule has 5 heteroatoms. The van der Waals surface area contributed by atoms with E-state index in [1.807, 2.05) is 6.26 Å². The maximum absolute atomic E-state index is 5.23. The van der Waals surface area contributed by atoms with Gasteiger partial charge in [0.2, 0.25) is 0 Å². The molecule has 1 aliphatic rings. The van der Waals surface area contributed by atoms with E-state index in [4.69, 9.17) is 4.42 Å². The van der Waals surface area contributed by atoms with Gasteiger partial charge in [-0.05, 0) is 17.8 Å². The van der Waals surface area contributed by atoms with Gasteiger partial charge in [-0.2, -0.15) is 0 Å². The van der Waals surface area contributed by atoms with E-state index in [0.29, 0.717) is 0 Å². The Morgan fingerprint density at radius 3 is 2.28 bits per heavy atom. The third-order valence-corrected chi connectivity index (χ3v) is 19.4. The zero-order valence-corrected chi connectivity index (χ0v) is 14.2. The van der Waals surface area contributed by atoms with Crippen molar-refractivity contribution in [2.45, 2.75) is 57.5 Å². The van der Waals surface area contributed by atoms with Crippen LogP contribution in [0, 0.1) is 0 Å². The normalized spacial score (nSPS) is 21.4. The number of hydrogen-bond donors (Lipinski definition) is 0. The lowest BCUT2D eigenvalue weighted by Gasteiger charge is -2.35. The number of aromatic nitrogens is 1. The van der Waals surface area contributed by atoms with E-state index in [0.717, 1.165) is 5.82 Å². The Balaban J connectivity index is 2.37. The molecule has 0 aromatic carbocycles. The Hall–Kier alpha value is -0.556. The van der Waals surface area contributed by atoms with Crippen LogP contribution in [0.1, 0.15) is 27.7 Å². The quantitative estimate of drug-likeness (QED) is 0.763. The highest BCUT2D eigenvalue weighted by Gasteiger charge is 2.53. The largest absolute Gasteiger partial charge is 0.450 e. The highest BCUT2D eigenvalue weighted by atomic mass is 28.4. The number of anilines is 1. The SMILES string of the molecule is CC[Si]1(CC)CN(c2cocn2)[Si](CC)(CC)C1. The van der Waals surface area contributed by atoms with Gasteiger partial charge in [-0.15, -0.1) is 0 Å². The molecule has 1 saturated heterocycles. The maximum atomic E-state index is 5.23. The Morgan fingerprint density at radius 1 is 1.17 bits per heavy atom. The van der Waals surface area contributed by atoms with E-state index >= 15 is 0 Å². The van der Waals surface area contributed by atoms with Crippen LogP contribution in [0.3, 0.4) is 0 Å². The molecule has 2 rings (SSSR count). The Morgan fingerprint density at radius 2 is 1.83 bits per heavy atom. The van der Waals surface area contributed by atoms with Gasteiger partial charge in [-0.1, -0.05) is 39.8 Å². The Kier molecular flexibility index (Phi) is 4.01. The summed E-state index contributed by atoms with van der Waals surface area (Å²) in [5.74, 6) is 1.11. The fraction of sp³-hybridized carbons (Fsp3) is 0.769. The third kappa shape index (κ3) is 2.07. The molecule has 0 atom stereocenters. The molecule has 0 bridgehead atoms. The van der Waals surface area contributed by atoms with Crippen molar-refractivity contribution in [3.63, 3.8) is 0 Å². The molecule has 0 aliphatic carbocycles. The maximum Gasteiger partial charge on any atom is 0.182 e. The molecular weight excluding hydrogens is 256 g/mol. The summed E-state index contributed by atoms with van der Waals surface area (Å²) in [7, 11) is -2.39. The number of oxazole rings is 1. The van der Waals surface area contributed by atoms with Gasteiger partial charge in [0.25, 0.3) is 0 Å². The predicted molar refractivity (Wildman–Crippen MR) is 82.1 cm³/mol. The molecule has 0 unspecified atom stereocenters. The molecule has 0 spiro atoms. The molecule has 0 saturated carbocycles. The lowest BCUT2D eigenvalue weighted by Crippen LogP contribution is -2.48. The summed E-state index contributed by atoms with van der Waals surface area (Å²) >= 11 is 0. The minimum atomic E-state index is -1.32. The van der Waals surface area contributed by atoms with Gasteiger partial charge in [0.15, 0.2) is 20.4 Å². The lowest BCUT2D eigenvalue weighted by atomic mass is 10.8. The van der Waals surface area contributed by atoms with Crippen LogP contribution >= 0.6 is 0 Å². The van der Waals surface area contributed by atoms with Gasteiger partial charge >= 0.3 is 0 Å². The van der Waals surface area contributed by atoms with Crippen molar-refractivity contribution in [2.24, 2.45) is 0 Å². The summed E-state index contributed by atoms with van der Waals surface area (Å²) in [6, 6.07) is 5.55. The zero-order chi connectivity index (χ0) is 13.2. The van der Waals surface area contributed by atoms with E-state index in [-0.39, 0.29) is 0 Å². The average Bonchev–Trinajstić information content (AvgIpc) is 3.05. The highest BCUT2D eigenvalue weighted by molar-refractivity contribution is 7.03. The van der Waals surface area contributed by atoms with E-state index in [2.05, 4.69) is 37.2 Å². The minimum absolute atomic E-state index is 1.07. The number of hydrogen-bond acceptors (Lipinski definition) is 3. The van der Waals surface area contributed by atoms with Crippen LogP contribution in [-0.4, -0.2) is 27.5 Å². The molecule has 1 aromatic rings. The fourth-order valence-electron chi connectivity index (χ4n) is 3.62. The van der Waals surface area contributed by atoms with Crippen LogP contribution in [-0.2, 0) is 0 Å². The second-order valence-electron chi connectivity index (χ2n) is 5.75. The molecule has 0 N–H and O–H groups in total. The summed E-state index contributed by atoms with van der Waals surface area (Å²) in [4.78, 5) is 4.44. The first-order chi connectivity index (χ1) is 8.65. The molecule has 0 amide bonds. The number of nitrogens with zero attached hydrogens (tertiary/aromatic N) is 2. The monoisotopic (exact) mass is 282 g/mol. The predicted octanol–water partition coefficient (Wildman–Crippen LogP) is 4.05. The van der Waals surface area contributed by atoms with Crippen molar-refractivity contribution < 1.29 is 4.42 Å². The summed E-state index contributed by atoms with van der Waals surface area (Å²) < 4.78 is 7.93. The second kappa shape index (κ2) is 5.21. The van der Waals surface area contributed by atoms with Crippen LogP contribution in [0.5, 0.6) is 0 Å². The second-order valence-corrected chi connectivity index (χ2v) is 16.3. The van der Waals surface area contributed by atoms with Crippen molar-refractivity contribution in [1.29, 1.82) is 0 Å². The van der Waals surface area contributed by atoms with Crippen molar-refractivity contribution in [3.8, 4) is 0 Å². The Labute approximate surface area is 113 Å². The van der Waals surface area contributed by atoms with Gasteiger partial charge in [0.1, 0.15) is 6.26 Å². The lowest BCUT2D eigenvalue weighted by molar-refractivity contribution is 0.558. The van der Waals surface area contributed by atoms with Gasteiger partial charge in [-0.3, -0.25) is 0 Å². The highest BCUT2D eigenvalue weighted by Crippen LogP contribution is 2.43. The molecule has 18 heavy (non-hydrogen) atoms. The first kappa shape index (κ1) is 13.9. The van der Waals surface area contributed by atoms with Crippen LogP contribution < -0.4 is 4.57 Å². The van der Waals surface area contributed by atoms with Crippen molar-refractivity contribution in [1.82, 2.24) is 4.98 Å². The molecule has 3 nitrogen and oxygen atoms in total. The molecule has 102 valence electrons. The first-order valence-electron chi connectivity index (χ1n) is 7.31. The van der Waals surface area contributed by atoms with E-state index in [9.17, 15) is 0 Å². The summed E-state index contributed by atoms with van der Waals surface area (Å²) in [5.41, 5.74) is 1.56. The van der Waals surface area contributed by atoms with E-state index in [1.54, 1.807) is 12.1 Å². The van der Waals surface area contributed by atoms with E-state index in [1.165, 1.54) is 30.3 Å². The van der Waals surface area contributed by atoms with Crippen LogP contribution in [0.4, 0.5) is 5.82 Å². The van der Waals surface area contributed by atoms with Gasteiger partial charge in [0, 0.05) is 6.17 Å². The van der Waals surface area contributed by atoms with Crippen molar-refractivity contribution in [3.05, 3.63) is 12.7 Å². The standard InChI is InChI=1S/C13H26N2OSi2/c1-5-17(6-2)11-15(13-9-16-10-14-13)18(7-3,8-4)12-17/h9-10H,5-8,11-12H2,1-4H3. The molecule has 1 fully saturated rings. The van der Waals surface area contributed by atoms with Crippen molar-refractivity contribution in [2.75, 3.05) is 10.7 Å². The van der Waals surface area contributed by atoms with Crippen molar-refractivity contribution >= 4 is 22.1 Å². The first-order valence-corrected chi connectivity index (χ1v) is 12.7. The molecular formula is C13H26N2OSi2. The third-order valence-electron chi connectivity index (χ3n) is 5.28. The summed E-state index contributed by atoms with van der Waals surface area (Å²) in [5, 5.41) is 0.